The Morgan fingerprint density at radius 2 is 1.05 bits per heavy atom. The van der Waals surface area contributed by atoms with Gasteiger partial charge in [0, 0.05) is 0 Å². The highest BCUT2D eigenvalue weighted by Gasteiger charge is 2.37. The Morgan fingerprint density at radius 3 is 1.43 bits per heavy atom. The summed E-state index contributed by atoms with van der Waals surface area (Å²) in [6.45, 7) is 4.65. The predicted molar refractivity (Wildman–Crippen MR) is 143 cm³/mol. The summed E-state index contributed by atoms with van der Waals surface area (Å²) < 4.78 is 63.9. The molecule has 194 valence electrons. The highest BCUT2D eigenvalue weighted by atomic mass is 32.2. The third kappa shape index (κ3) is 5.90. The highest BCUT2D eigenvalue weighted by molar-refractivity contribution is 7.86. The molecule has 5 nitrogen and oxygen atoms in total. The summed E-state index contributed by atoms with van der Waals surface area (Å²) in [7, 11) is -6.08. The van der Waals surface area contributed by atoms with Crippen LogP contribution in [0.1, 0.15) is 37.1 Å². The van der Waals surface area contributed by atoms with E-state index in [1.807, 2.05) is 0 Å². The Labute approximate surface area is 215 Å². The Hall–Kier alpha value is -3.13. The van der Waals surface area contributed by atoms with Crippen LogP contribution in [-0.4, -0.2) is 27.8 Å². The van der Waals surface area contributed by atoms with Crippen LogP contribution in [0.5, 0.6) is 0 Å². The first-order valence-electron chi connectivity index (χ1n) is 11.5. The number of hydrogen-bond acceptors (Lipinski definition) is 5. The van der Waals surface area contributed by atoms with Crippen molar-refractivity contribution in [2.45, 2.75) is 31.4 Å². The van der Waals surface area contributed by atoms with Crippen LogP contribution in [0.3, 0.4) is 0 Å². The normalized spacial score (nSPS) is 16.2. The van der Waals surface area contributed by atoms with Gasteiger partial charge in [-0.05, 0) is 46.5 Å². The third-order valence-electron chi connectivity index (χ3n) is 6.40. The maximum absolute atomic E-state index is 10.7. The highest BCUT2D eigenvalue weighted by Crippen LogP contribution is 2.45. The summed E-state index contributed by atoms with van der Waals surface area (Å²) in [6, 6.07) is 31.4. The lowest BCUT2D eigenvalue weighted by Gasteiger charge is -2.25. The monoisotopic (exact) mass is 546 g/mol. The van der Waals surface area contributed by atoms with Gasteiger partial charge in [0.1, 0.15) is 0 Å². The maximum atomic E-state index is 10.7. The van der Waals surface area contributed by atoms with E-state index in [0.29, 0.717) is 12.1 Å². The molecule has 37 heavy (non-hydrogen) atoms. The first kappa shape index (κ1) is 26.9. The van der Waals surface area contributed by atoms with Gasteiger partial charge < -0.3 is 4.55 Å². The average molecular weight is 547 g/mol. The van der Waals surface area contributed by atoms with Crippen molar-refractivity contribution in [3.63, 3.8) is 0 Å². The van der Waals surface area contributed by atoms with Crippen LogP contribution < -0.4 is 0 Å². The summed E-state index contributed by atoms with van der Waals surface area (Å²) in [5.41, 5.74) is -2.84. The Bertz CT molecular complexity index is 1440. The van der Waals surface area contributed by atoms with E-state index in [1.54, 1.807) is 0 Å². The van der Waals surface area contributed by atoms with Gasteiger partial charge in [-0.2, -0.15) is 13.2 Å². The predicted octanol–water partition coefficient (Wildman–Crippen LogP) is 7.20. The van der Waals surface area contributed by atoms with E-state index < -0.39 is 15.6 Å². The number of nitrogens with zero attached hydrogens (tertiary/aromatic N) is 2. The molecule has 0 aliphatic carbocycles. The standard InChI is InChI=1S/C26H25N2P.CHF3O3S/c1-19(23-15-7-11-21-9-3-5-13-25(21)23)27-17-18-28(29-27)20(2)24-16-8-12-22-10-4-6-14-26(22)24;2-1(3,4)8(5,6)7/h3-20,29H,1-2H3;(H,5,6,7). The molecule has 0 bridgehead atoms. The molecule has 0 spiro atoms. The van der Waals surface area contributed by atoms with Gasteiger partial charge >= 0.3 is 5.51 Å². The minimum atomic E-state index is -6.09. The van der Waals surface area contributed by atoms with E-state index in [2.05, 4.69) is 121 Å². The number of hydrogen-bond donors (Lipinski definition) is 0. The second-order valence-corrected chi connectivity index (χ2v) is 11.5. The fourth-order valence-electron chi connectivity index (χ4n) is 4.39. The fourth-order valence-corrected chi connectivity index (χ4v) is 5.73. The van der Waals surface area contributed by atoms with Crippen LogP contribution in [0.15, 0.2) is 97.3 Å². The lowest BCUT2D eigenvalue weighted by Crippen LogP contribution is -2.21. The molecule has 0 saturated carbocycles. The van der Waals surface area contributed by atoms with Gasteiger partial charge in [-0.15, -0.1) is 0 Å². The molecule has 1 aliphatic heterocycles. The molecule has 0 fully saturated rings. The van der Waals surface area contributed by atoms with Gasteiger partial charge in [0.25, 0.3) is 0 Å². The molecule has 10 heteroatoms. The van der Waals surface area contributed by atoms with Crippen molar-refractivity contribution in [1.29, 1.82) is 0 Å². The second-order valence-electron chi connectivity index (χ2n) is 8.70. The second kappa shape index (κ2) is 10.7. The average Bonchev–Trinajstić information content (AvgIpc) is 3.37. The smallest absolute Gasteiger partial charge is 0.485 e. The number of benzene rings is 4. The summed E-state index contributed by atoms with van der Waals surface area (Å²) in [5.74, 6) is 0. The number of alkyl halides is 3. The van der Waals surface area contributed by atoms with E-state index in [4.69, 9.17) is 13.0 Å². The van der Waals surface area contributed by atoms with E-state index in [0.717, 1.165) is 0 Å². The molecular formula is C27H26F3N2O3PS. The Kier molecular flexibility index (Phi) is 7.78. The van der Waals surface area contributed by atoms with Crippen molar-refractivity contribution < 1.29 is 26.1 Å². The topological polar surface area (TPSA) is 63.7 Å². The molecule has 4 aromatic rings. The quantitative estimate of drug-likeness (QED) is 0.154. The van der Waals surface area contributed by atoms with Crippen LogP contribution in [0.2, 0.25) is 0 Å². The number of halogens is 3. The van der Waals surface area contributed by atoms with Gasteiger partial charge in [0.05, 0.1) is 24.5 Å². The zero-order valence-corrected chi connectivity index (χ0v) is 22.1. The SMILES string of the molecule is CC(c1cccc2ccccc12)N1C=CN(C(C)c2cccc3ccccc23)[PH2+]1.O=S(=O)([O-])C(F)(F)F. The molecule has 5 rings (SSSR count). The summed E-state index contributed by atoms with van der Waals surface area (Å²) in [5, 5.41) is 5.35. The fraction of sp³-hybridized carbons (Fsp3) is 0.185. The molecule has 0 radical (unpaired) electrons. The molecule has 2 unspecified atom stereocenters. The maximum Gasteiger partial charge on any atom is 0.485 e. The zero-order chi connectivity index (χ0) is 26.8. The van der Waals surface area contributed by atoms with Gasteiger partial charge in [-0.3, -0.25) is 0 Å². The van der Waals surface area contributed by atoms with Crippen molar-refractivity contribution >= 4 is 40.5 Å². The summed E-state index contributed by atoms with van der Waals surface area (Å²) >= 11 is 0. The third-order valence-corrected chi connectivity index (χ3v) is 8.74. The molecule has 0 aromatic heterocycles. The molecule has 2 atom stereocenters. The van der Waals surface area contributed by atoms with E-state index in [9.17, 15) is 13.2 Å². The lowest BCUT2D eigenvalue weighted by atomic mass is 10.00. The lowest BCUT2D eigenvalue weighted by molar-refractivity contribution is -0.0517. The first-order chi connectivity index (χ1) is 17.5. The Morgan fingerprint density at radius 1 is 0.703 bits per heavy atom. The van der Waals surface area contributed by atoms with Crippen molar-refractivity contribution in [2.75, 3.05) is 0 Å². The zero-order valence-electron chi connectivity index (χ0n) is 20.1. The molecule has 1 heterocycles. The largest absolute Gasteiger partial charge is 0.741 e. The molecule has 0 N–H and O–H groups in total. The van der Waals surface area contributed by atoms with Crippen molar-refractivity contribution in [2.24, 2.45) is 0 Å². The molecule has 0 saturated heterocycles. The van der Waals surface area contributed by atoms with Gasteiger partial charge in [0.15, 0.2) is 19.0 Å². The van der Waals surface area contributed by atoms with Crippen LogP contribution in [0, 0.1) is 0 Å². The van der Waals surface area contributed by atoms with Gasteiger partial charge in [-0.1, -0.05) is 84.9 Å². The Balaban J connectivity index is 0.000000349. The van der Waals surface area contributed by atoms with Crippen molar-refractivity contribution in [3.8, 4) is 0 Å². The minimum absolute atomic E-state index is 0.00599. The van der Waals surface area contributed by atoms with E-state index >= 15 is 0 Å². The van der Waals surface area contributed by atoms with Crippen LogP contribution in [0.4, 0.5) is 13.2 Å². The molecule has 4 aromatic carbocycles. The van der Waals surface area contributed by atoms with Crippen molar-refractivity contribution in [1.82, 2.24) is 9.34 Å². The number of rotatable bonds is 4. The van der Waals surface area contributed by atoms with E-state index in [-0.39, 0.29) is 8.88 Å². The molecular weight excluding hydrogens is 520 g/mol. The minimum Gasteiger partial charge on any atom is -0.741 e. The van der Waals surface area contributed by atoms with Gasteiger partial charge in [-0.25, -0.2) is 17.8 Å². The van der Waals surface area contributed by atoms with Crippen molar-refractivity contribution in [3.05, 3.63) is 108 Å². The van der Waals surface area contributed by atoms with Crippen LogP contribution >= 0.6 is 8.88 Å². The number of fused-ring (bicyclic) bond motifs is 2. The van der Waals surface area contributed by atoms with Crippen LogP contribution in [-0.2, 0) is 10.1 Å². The summed E-state index contributed by atoms with van der Waals surface area (Å²) in [6.07, 6.45) is 4.56. The van der Waals surface area contributed by atoms with Gasteiger partial charge in [0.2, 0.25) is 0 Å². The molecule has 1 aliphatic rings. The van der Waals surface area contributed by atoms with Crippen LogP contribution in [0.25, 0.3) is 21.5 Å². The summed E-state index contributed by atoms with van der Waals surface area (Å²) in [4.78, 5) is 0. The molecule has 0 amide bonds. The first-order valence-corrected chi connectivity index (χ1v) is 14.0. The van der Waals surface area contributed by atoms with E-state index in [1.165, 1.54) is 32.7 Å².